The molecule has 4 N–H and O–H groups in total. The van der Waals surface area contributed by atoms with Crippen molar-refractivity contribution >= 4 is 50.7 Å². The van der Waals surface area contributed by atoms with Crippen LogP contribution in [0.3, 0.4) is 0 Å². The van der Waals surface area contributed by atoms with E-state index in [0.717, 1.165) is 11.3 Å². The Kier molecular flexibility index (Phi) is 5.96. The van der Waals surface area contributed by atoms with Crippen LogP contribution in [0.5, 0.6) is 5.75 Å². The smallest absolute Gasteiger partial charge is 0.396 e. The molecule has 0 unspecified atom stereocenters. The number of rotatable bonds is 4. The lowest BCUT2D eigenvalue weighted by molar-refractivity contribution is -0.244. The zero-order valence-electron chi connectivity index (χ0n) is 13.7. The Morgan fingerprint density at radius 1 is 1.33 bits per heavy atom. The topological polar surface area (TPSA) is 138 Å². The number of ether oxygens (including phenoxy) is 2. The van der Waals surface area contributed by atoms with Crippen LogP contribution in [0.15, 0.2) is 15.3 Å². The van der Waals surface area contributed by atoms with Crippen molar-refractivity contribution < 1.29 is 34.0 Å². The third-order valence-corrected chi connectivity index (χ3v) is 5.57. The van der Waals surface area contributed by atoms with Gasteiger partial charge in [0, 0.05) is 13.0 Å². The molecule has 1 fully saturated rings. The first-order valence-electron chi connectivity index (χ1n) is 7.70. The number of amides is 1. The van der Waals surface area contributed by atoms with Crippen molar-refractivity contribution in [1.29, 1.82) is 0 Å². The summed E-state index contributed by atoms with van der Waals surface area (Å²) in [6.45, 7) is 0.620. The molecule has 2 heterocycles. The van der Waals surface area contributed by atoms with Gasteiger partial charge in [0.1, 0.15) is 40.1 Å². The number of fused-ring (bicyclic) bond motifs is 1. The molecule has 0 aliphatic carbocycles. The highest BCUT2D eigenvalue weighted by molar-refractivity contribution is 7.16. The monoisotopic (exact) mass is 439 g/mol. The molecule has 0 saturated carbocycles. The molecule has 27 heavy (non-hydrogen) atoms. The summed E-state index contributed by atoms with van der Waals surface area (Å²) in [6.07, 6.45) is -5.39. The third kappa shape index (κ3) is 3.92. The first-order valence-corrected chi connectivity index (χ1v) is 9.28. The van der Waals surface area contributed by atoms with Gasteiger partial charge in [0.25, 0.3) is 0 Å². The lowest BCUT2D eigenvalue weighted by atomic mass is 9.97. The highest BCUT2D eigenvalue weighted by Gasteiger charge is 2.46. The molecule has 0 bridgehead atoms. The Balaban J connectivity index is 1.97. The Morgan fingerprint density at radius 3 is 2.67 bits per heavy atom. The maximum atomic E-state index is 11.5. The van der Waals surface area contributed by atoms with Gasteiger partial charge in [-0.1, -0.05) is 34.5 Å². The summed E-state index contributed by atoms with van der Waals surface area (Å²) in [6, 6.07) is 0.243. The molecular weight excluding hydrogens is 425 g/mol. The summed E-state index contributed by atoms with van der Waals surface area (Å²) >= 11 is 13.1. The lowest BCUT2D eigenvalue weighted by Crippen LogP contribution is -2.65. The first-order chi connectivity index (χ1) is 12.7. The van der Waals surface area contributed by atoms with Gasteiger partial charge in [0.05, 0.1) is 11.3 Å². The molecule has 9 nitrogen and oxygen atoms in total. The van der Waals surface area contributed by atoms with Crippen molar-refractivity contribution in [3.05, 3.63) is 25.8 Å². The Bertz CT molecular complexity index is 915. The molecule has 148 valence electrons. The average Bonchev–Trinajstić information content (AvgIpc) is 2.99. The van der Waals surface area contributed by atoms with E-state index in [2.05, 4.69) is 5.32 Å². The molecule has 1 aliphatic heterocycles. The van der Waals surface area contributed by atoms with Crippen LogP contribution < -0.4 is 15.0 Å². The minimum absolute atomic E-state index is 0.00634. The van der Waals surface area contributed by atoms with Gasteiger partial charge >= 0.3 is 4.94 Å². The van der Waals surface area contributed by atoms with Gasteiger partial charge in [-0.15, -0.1) is 0 Å². The van der Waals surface area contributed by atoms with Crippen LogP contribution in [-0.4, -0.2) is 58.5 Å². The molecule has 0 radical (unpaired) electrons. The Morgan fingerprint density at radius 2 is 2.04 bits per heavy atom. The molecule has 1 aromatic carbocycles. The van der Waals surface area contributed by atoms with Crippen LogP contribution >= 0.6 is 34.5 Å². The van der Waals surface area contributed by atoms with Crippen molar-refractivity contribution in [3.8, 4) is 5.75 Å². The largest absolute Gasteiger partial charge is 0.461 e. The molecule has 1 aromatic heterocycles. The fraction of sp³-hybridized carbons (Fsp3) is 0.467. The summed E-state index contributed by atoms with van der Waals surface area (Å²) in [7, 11) is 0. The van der Waals surface area contributed by atoms with Crippen LogP contribution in [0.25, 0.3) is 10.3 Å². The van der Waals surface area contributed by atoms with Crippen LogP contribution in [-0.2, 0) is 9.53 Å². The van der Waals surface area contributed by atoms with Crippen molar-refractivity contribution in [2.45, 2.75) is 37.6 Å². The van der Waals surface area contributed by atoms with Crippen LogP contribution in [0.1, 0.15) is 6.92 Å². The molecule has 12 heteroatoms. The fourth-order valence-electron chi connectivity index (χ4n) is 2.71. The van der Waals surface area contributed by atoms with Crippen molar-refractivity contribution in [2.75, 3.05) is 6.61 Å². The number of aliphatic hydroxyl groups is 3. The number of halogens is 2. The summed E-state index contributed by atoms with van der Waals surface area (Å²) in [4.78, 5) is 22.3. The maximum Gasteiger partial charge on any atom is 0.396 e. The highest BCUT2D eigenvalue weighted by atomic mass is 35.5. The Labute approximate surface area is 166 Å². The molecule has 2 aromatic rings. The minimum Gasteiger partial charge on any atom is -0.461 e. The zero-order chi connectivity index (χ0) is 19.9. The van der Waals surface area contributed by atoms with Gasteiger partial charge in [0.2, 0.25) is 12.2 Å². The summed E-state index contributed by atoms with van der Waals surface area (Å²) < 4.78 is 16.5. The van der Waals surface area contributed by atoms with E-state index in [1.807, 2.05) is 0 Å². The Hall–Kier alpha value is -1.40. The molecule has 5 atom stereocenters. The number of carbonyl (C=O) groups is 1. The van der Waals surface area contributed by atoms with E-state index in [1.54, 1.807) is 0 Å². The van der Waals surface area contributed by atoms with Crippen molar-refractivity contribution in [1.82, 2.24) is 5.32 Å². The first kappa shape index (κ1) is 20.3. The average molecular weight is 440 g/mol. The SMILES string of the molecule is CC(=O)N[C@@H]1[C@H](Oc2cc3sc(=O)oc3c(Cl)c2Cl)O[C@H](CO)[C@@H](O)[C@H]1O. The van der Waals surface area contributed by atoms with E-state index in [0.29, 0.717) is 4.70 Å². The second kappa shape index (κ2) is 7.92. The normalized spacial score (nSPS) is 28.3. The number of carbonyl (C=O) groups excluding carboxylic acids is 1. The van der Waals surface area contributed by atoms with E-state index < -0.39 is 48.1 Å². The van der Waals surface area contributed by atoms with Gasteiger partial charge in [-0.25, -0.2) is 4.79 Å². The third-order valence-electron chi connectivity index (χ3n) is 3.97. The molecular formula is C15H15Cl2NO8S. The number of nitrogens with one attached hydrogen (secondary N) is 1. The molecule has 0 spiro atoms. The van der Waals surface area contributed by atoms with Crippen LogP contribution in [0.2, 0.25) is 10.0 Å². The minimum atomic E-state index is -1.48. The second-order valence-electron chi connectivity index (χ2n) is 5.83. The summed E-state index contributed by atoms with van der Waals surface area (Å²) in [5.74, 6) is -0.495. The molecule has 1 amide bonds. The predicted molar refractivity (Wildman–Crippen MR) is 96.4 cm³/mol. The van der Waals surface area contributed by atoms with Crippen LogP contribution in [0, 0.1) is 0 Å². The summed E-state index contributed by atoms with van der Waals surface area (Å²) in [5.41, 5.74) is 0.107. The van der Waals surface area contributed by atoms with E-state index >= 15 is 0 Å². The maximum absolute atomic E-state index is 11.5. The molecule has 1 saturated heterocycles. The predicted octanol–water partition coefficient (Wildman–Crippen LogP) is 0.484. The van der Waals surface area contributed by atoms with Crippen LogP contribution in [0.4, 0.5) is 0 Å². The van der Waals surface area contributed by atoms with E-state index in [-0.39, 0.29) is 21.4 Å². The zero-order valence-corrected chi connectivity index (χ0v) is 16.0. The second-order valence-corrected chi connectivity index (χ2v) is 7.57. The van der Waals surface area contributed by atoms with Gasteiger partial charge in [-0.3, -0.25) is 4.79 Å². The van der Waals surface area contributed by atoms with E-state index in [4.69, 9.17) is 37.1 Å². The fourth-order valence-corrected chi connectivity index (χ4v) is 3.89. The lowest BCUT2D eigenvalue weighted by Gasteiger charge is -2.42. The van der Waals surface area contributed by atoms with Crippen molar-refractivity contribution in [2.24, 2.45) is 0 Å². The number of hydrogen-bond donors (Lipinski definition) is 4. The number of benzene rings is 1. The molecule has 1 aliphatic rings. The number of aliphatic hydroxyl groups excluding tert-OH is 3. The van der Waals surface area contributed by atoms with Gasteiger partial charge in [-0.05, 0) is 0 Å². The van der Waals surface area contributed by atoms with E-state index in [9.17, 15) is 24.9 Å². The highest BCUT2D eigenvalue weighted by Crippen LogP contribution is 2.40. The van der Waals surface area contributed by atoms with E-state index in [1.165, 1.54) is 13.0 Å². The van der Waals surface area contributed by atoms with Crippen molar-refractivity contribution in [3.63, 3.8) is 0 Å². The standard InChI is InChI=1S/C15H15Cl2NO8S/c1-4(20)18-10-12(22)11(21)6(3-19)25-14(10)24-5-2-7-13(9(17)8(5)16)26-15(23)27-7/h2,6,10-12,14,19,21-22H,3H2,1H3,(H,18,20)/t6-,10+,11-,12+,14-/m1/s1. The van der Waals surface area contributed by atoms with Gasteiger partial charge < -0.3 is 34.5 Å². The summed E-state index contributed by atoms with van der Waals surface area (Å²) in [5, 5.41) is 32.0. The van der Waals surface area contributed by atoms with Gasteiger partial charge in [0.15, 0.2) is 5.58 Å². The quantitative estimate of drug-likeness (QED) is 0.539. The molecule has 3 rings (SSSR count). The number of hydrogen-bond acceptors (Lipinski definition) is 9. The van der Waals surface area contributed by atoms with Gasteiger partial charge in [-0.2, -0.15) is 0 Å².